The summed E-state index contributed by atoms with van der Waals surface area (Å²) in [5, 5.41) is 3.43. The Hall–Kier alpha value is 0.137. The number of nitrogens with one attached hydrogen (secondary N) is 1. The molecule has 0 unspecified atom stereocenters. The second kappa shape index (κ2) is 6.57. The van der Waals surface area contributed by atoms with E-state index in [2.05, 4.69) is 39.2 Å². The van der Waals surface area contributed by atoms with Crippen molar-refractivity contribution in [2.45, 2.75) is 52.4 Å². The summed E-state index contributed by atoms with van der Waals surface area (Å²) >= 11 is 0. The summed E-state index contributed by atoms with van der Waals surface area (Å²) in [6, 6.07) is 1.87. The lowest BCUT2D eigenvalue weighted by molar-refractivity contribution is 0.327. The van der Waals surface area contributed by atoms with Gasteiger partial charge in [-0.15, -0.1) is 0 Å². The van der Waals surface area contributed by atoms with Crippen LogP contribution in [0.2, 0.25) is 19.1 Å². The fourth-order valence-electron chi connectivity index (χ4n) is 1.37. The van der Waals surface area contributed by atoms with E-state index in [0.717, 1.165) is 13.2 Å². The molecule has 0 fully saturated rings. The highest BCUT2D eigenvalue weighted by Gasteiger charge is 2.20. The first kappa shape index (κ1) is 13.1. The van der Waals surface area contributed by atoms with Gasteiger partial charge in [-0.1, -0.05) is 13.8 Å². The smallest absolute Gasteiger partial charge is 0.186 e. The quantitative estimate of drug-likeness (QED) is 0.507. The van der Waals surface area contributed by atoms with Crippen LogP contribution in [0.15, 0.2) is 0 Å². The highest BCUT2D eigenvalue weighted by Crippen LogP contribution is 2.12. The number of rotatable bonds is 7. The first-order valence-corrected chi connectivity index (χ1v) is 8.47. The van der Waals surface area contributed by atoms with Crippen LogP contribution >= 0.6 is 0 Å². The van der Waals surface area contributed by atoms with Gasteiger partial charge < -0.3 is 9.74 Å². The lowest BCUT2D eigenvalue weighted by Gasteiger charge is -2.22. The van der Waals surface area contributed by atoms with E-state index in [9.17, 15) is 0 Å². The zero-order valence-corrected chi connectivity index (χ0v) is 10.8. The van der Waals surface area contributed by atoms with E-state index >= 15 is 0 Å². The molecule has 0 saturated heterocycles. The van der Waals surface area contributed by atoms with E-state index < -0.39 is 8.32 Å². The molecule has 0 aliphatic carbocycles. The Morgan fingerprint density at radius 1 is 1.31 bits per heavy atom. The molecule has 0 aliphatic rings. The van der Waals surface area contributed by atoms with Crippen molar-refractivity contribution < 1.29 is 4.43 Å². The van der Waals surface area contributed by atoms with Crippen molar-refractivity contribution in [1.29, 1.82) is 0 Å². The molecular weight excluding hydrogens is 178 g/mol. The van der Waals surface area contributed by atoms with E-state index in [1.165, 1.54) is 12.5 Å². The van der Waals surface area contributed by atoms with Gasteiger partial charge in [-0.2, -0.15) is 0 Å². The van der Waals surface area contributed by atoms with Gasteiger partial charge in [-0.05, 0) is 39.0 Å². The third kappa shape index (κ3) is 8.47. The van der Waals surface area contributed by atoms with Crippen LogP contribution in [0.4, 0.5) is 0 Å². The molecule has 0 saturated carbocycles. The van der Waals surface area contributed by atoms with Gasteiger partial charge in [-0.25, -0.2) is 0 Å². The summed E-state index contributed by atoms with van der Waals surface area (Å²) in [5.74, 6) is 0. The molecule has 0 atom stereocenters. The normalized spacial score (nSPS) is 12.5. The molecule has 13 heavy (non-hydrogen) atoms. The minimum absolute atomic E-state index is 0.608. The van der Waals surface area contributed by atoms with E-state index in [-0.39, 0.29) is 0 Å². The molecule has 2 nitrogen and oxygen atoms in total. The second-order valence-corrected chi connectivity index (χ2v) is 8.71. The molecule has 0 rings (SSSR count). The van der Waals surface area contributed by atoms with Crippen molar-refractivity contribution >= 4 is 8.32 Å². The van der Waals surface area contributed by atoms with Crippen LogP contribution in [-0.2, 0) is 4.43 Å². The Labute approximate surface area is 84.2 Å². The molecule has 3 heteroatoms. The predicted octanol–water partition coefficient (Wildman–Crippen LogP) is 2.62. The van der Waals surface area contributed by atoms with Crippen molar-refractivity contribution in [3.8, 4) is 0 Å². The highest BCUT2D eigenvalue weighted by molar-refractivity contribution is 6.71. The van der Waals surface area contributed by atoms with Crippen molar-refractivity contribution in [1.82, 2.24) is 5.32 Å². The van der Waals surface area contributed by atoms with E-state index in [0.29, 0.717) is 6.04 Å². The Morgan fingerprint density at radius 2 is 1.92 bits per heavy atom. The topological polar surface area (TPSA) is 21.3 Å². The van der Waals surface area contributed by atoms with Gasteiger partial charge in [-0.3, -0.25) is 0 Å². The molecule has 0 amide bonds. The van der Waals surface area contributed by atoms with Crippen molar-refractivity contribution in [3.63, 3.8) is 0 Å². The zero-order valence-electron chi connectivity index (χ0n) is 9.81. The molecule has 0 spiro atoms. The molecule has 1 N–H and O–H groups in total. The molecular formula is C10H25NOSi. The Balaban J connectivity index is 3.40. The largest absolute Gasteiger partial charge is 0.418 e. The lowest BCUT2D eigenvalue weighted by atomic mass is 10.4. The molecule has 0 aromatic heterocycles. The Morgan fingerprint density at radius 3 is 2.38 bits per heavy atom. The maximum Gasteiger partial charge on any atom is 0.186 e. The van der Waals surface area contributed by atoms with Crippen molar-refractivity contribution in [2.24, 2.45) is 0 Å². The van der Waals surface area contributed by atoms with Gasteiger partial charge in [0.1, 0.15) is 0 Å². The molecule has 0 heterocycles. The third-order valence-corrected chi connectivity index (χ3v) is 4.67. The minimum atomic E-state index is -1.32. The summed E-state index contributed by atoms with van der Waals surface area (Å²) in [7, 11) is -1.32. The van der Waals surface area contributed by atoms with Crippen LogP contribution in [0.5, 0.6) is 0 Å². The zero-order chi connectivity index (χ0) is 10.3. The first-order chi connectivity index (χ1) is 5.98. The van der Waals surface area contributed by atoms with Crippen LogP contribution in [0.1, 0.15) is 27.2 Å². The minimum Gasteiger partial charge on any atom is -0.418 e. The van der Waals surface area contributed by atoms with Crippen molar-refractivity contribution in [3.05, 3.63) is 0 Å². The average molecular weight is 203 g/mol. The molecule has 0 bridgehead atoms. The van der Waals surface area contributed by atoms with E-state index in [1.807, 2.05) is 0 Å². The first-order valence-electron chi connectivity index (χ1n) is 5.35. The van der Waals surface area contributed by atoms with Crippen LogP contribution in [0.3, 0.4) is 0 Å². The third-order valence-electron chi connectivity index (χ3n) is 2.04. The van der Waals surface area contributed by atoms with Crippen LogP contribution < -0.4 is 5.32 Å². The summed E-state index contributed by atoms with van der Waals surface area (Å²) in [6.45, 7) is 13.0. The molecule has 0 aromatic rings. The number of hydrogen-bond donors (Lipinski definition) is 1. The summed E-state index contributed by atoms with van der Waals surface area (Å²) in [4.78, 5) is 0. The monoisotopic (exact) mass is 203 g/mol. The maximum atomic E-state index is 5.75. The average Bonchev–Trinajstić information content (AvgIpc) is 1.98. The SMILES string of the molecule is CCO[Si](C)(C)CCCNC(C)C. The fraction of sp³-hybridized carbons (Fsp3) is 1.00. The summed E-state index contributed by atoms with van der Waals surface area (Å²) < 4.78 is 5.75. The van der Waals surface area contributed by atoms with Crippen LogP contribution in [0, 0.1) is 0 Å². The second-order valence-electron chi connectivity index (χ2n) is 4.41. The maximum absolute atomic E-state index is 5.75. The molecule has 0 aliphatic heterocycles. The molecule has 0 aromatic carbocycles. The van der Waals surface area contributed by atoms with Gasteiger partial charge >= 0.3 is 0 Å². The van der Waals surface area contributed by atoms with Crippen LogP contribution in [-0.4, -0.2) is 27.5 Å². The molecule has 80 valence electrons. The van der Waals surface area contributed by atoms with Crippen molar-refractivity contribution in [2.75, 3.05) is 13.2 Å². The van der Waals surface area contributed by atoms with Gasteiger partial charge in [0, 0.05) is 12.6 Å². The summed E-state index contributed by atoms with van der Waals surface area (Å²) in [5.41, 5.74) is 0. The highest BCUT2D eigenvalue weighted by atomic mass is 28.4. The summed E-state index contributed by atoms with van der Waals surface area (Å²) in [6.07, 6.45) is 1.25. The lowest BCUT2D eigenvalue weighted by Crippen LogP contribution is -2.32. The number of hydrogen-bond acceptors (Lipinski definition) is 2. The Kier molecular flexibility index (Phi) is 6.64. The predicted molar refractivity (Wildman–Crippen MR) is 61.7 cm³/mol. The standard InChI is InChI=1S/C10H25NOSi/c1-6-12-13(4,5)9-7-8-11-10(2)3/h10-11H,6-9H2,1-5H3. The van der Waals surface area contributed by atoms with Gasteiger partial charge in [0.25, 0.3) is 0 Å². The fourth-order valence-corrected chi connectivity index (χ4v) is 3.32. The van der Waals surface area contributed by atoms with E-state index in [1.54, 1.807) is 0 Å². The van der Waals surface area contributed by atoms with Gasteiger partial charge in [0.05, 0.1) is 0 Å². The Bertz CT molecular complexity index is 126. The molecule has 0 radical (unpaired) electrons. The van der Waals surface area contributed by atoms with Gasteiger partial charge in [0.2, 0.25) is 0 Å². The van der Waals surface area contributed by atoms with Gasteiger partial charge in [0.15, 0.2) is 8.32 Å². The van der Waals surface area contributed by atoms with E-state index in [4.69, 9.17) is 4.43 Å². The van der Waals surface area contributed by atoms with Crippen LogP contribution in [0.25, 0.3) is 0 Å².